The Morgan fingerprint density at radius 1 is 0.875 bits per heavy atom. The van der Waals surface area contributed by atoms with Gasteiger partial charge in [-0.25, -0.2) is 0 Å². The zero-order valence-electron chi connectivity index (χ0n) is 18.7. The van der Waals surface area contributed by atoms with Crippen molar-refractivity contribution in [1.82, 2.24) is 9.80 Å². The van der Waals surface area contributed by atoms with E-state index in [9.17, 15) is 9.59 Å². The van der Waals surface area contributed by atoms with Gasteiger partial charge in [0.15, 0.2) is 0 Å². The van der Waals surface area contributed by atoms with Gasteiger partial charge in [-0.15, -0.1) is 0 Å². The van der Waals surface area contributed by atoms with Crippen LogP contribution in [0.3, 0.4) is 0 Å². The highest BCUT2D eigenvalue weighted by atomic mass is 16.2. The number of amides is 2. The van der Waals surface area contributed by atoms with E-state index in [1.165, 1.54) is 0 Å². The van der Waals surface area contributed by atoms with E-state index >= 15 is 0 Å². The third-order valence-corrected chi connectivity index (χ3v) is 6.03. The van der Waals surface area contributed by atoms with Crippen molar-refractivity contribution in [3.05, 3.63) is 83.4 Å². The average Bonchev–Trinajstić information content (AvgIpc) is 2.80. The fraction of sp³-hybridized carbons (Fsp3) is 0.259. The average molecular weight is 428 g/mol. The molecule has 0 spiro atoms. The summed E-state index contributed by atoms with van der Waals surface area (Å²) >= 11 is 0. The summed E-state index contributed by atoms with van der Waals surface area (Å²) in [4.78, 5) is 29.2. The molecule has 0 unspecified atom stereocenters. The predicted octanol–water partition coefficient (Wildman–Crippen LogP) is 4.25. The van der Waals surface area contributed by atoms with Gasteiger partial charge in [-0.2, -0.15) is 0 Å². The molecule has 0 saturated carbocycles. The van der Waals surface area contributed by atoms with Crippen molar-refractivity contribution in [2.24, 2.45) is 0 Å². The molecule has 1 N–H and O–H groups in total. The number of carbonyl (C=O) groups excluding carboxylic acids is 2. The van der Waals surface area contributed by atoms with E-state index in [1.54, 1.807) is 6.08 Å². The molecule has 4 rings (SSSR count). The molecule has 0 aliphatic carbocycles. The fourth-order valence-corrected chi connectivity index (χ4v) is 4.18. The first-order valence-corrected chi connectivity index (χ1v) is 11.0. The second-order valence-electron chi connectivity index (χ2n) is 8.32. The Kier molecular flexibility index (Phi) is 6.66. The zero-order chi connectivity index (χ0) is 22.5. The summed E-state index contributed by atoms with van der Waals surface area (Å²) < 4.78 is 0. The number of anilines is 1. The number of benzene rings is 3. The molecule has 1 aliphatic rings. The molecule has 1 heterocycles. The summed E-state index contributed by atoms with van der Waals surface area (Å²) in [5.74, 6) is -0.00408. The van der Waals surface area contributed by atoms with Gasteiger partial charge in [0.05, 0.1) is 6.54 Å². The van der Waals surface area contributed by atoms with E-state index < -0.39 is 0 Å². The van der Waals surface area contributed by atoms with Gasteiger partial charge in [0, 0.05) is 37.9 Å². The van der Waals surface area contributed by atoms with E-state index in [-0.39, 0.29) is 11.8 Å². The van der Waals surface area contributed by atoms with Gasteiger partial charge in [-0.3, -0.25) is 14.5 Å². The maximum Gasteiger partial charge on any atom is 0.246 e. The van der Waals surface area contributed by atoms with Crippen LogP contribution in [0, 0.1) is 13.8 Å². The van der Waals surface area contributed by atoms with Crippen LogP contribution in [-0.4, -0.2) is 54.3 Å². The molecule has 5 nitrogen and oxygen atoms in total. The van der Waals surface area contributed by atoms with Gasteiger partial charge in [-0.05, 0) is 47.4 Å². The molecule has 1 aliphatic heterocycles. The van der Waals surface area contributed by atoms with Crippen LogP contribution in [0.5, 0.6) is 0 Å². The maximum atomic E-state index is 12.7. The van der Waals surface area contributed by atoms with Crippen LogP contribution in [0.4, 0.5) is 5.69 Å². The van der Waals surface area contributed by atoms with Crippen LogP contribution in [0.15, 0.2) is 66.7 Å². The highest BCUT2D eigenvalue weighted by Gasteiger charge is 2.21. The summed E-state index contributed by atoms with van der Waals surface area (Å²) in [7, 11) is 0. The summed E-state index contributed by atoms with van der Waals surface area (Å²) in [6, 6.07) is 20.3. The molecule has 0 radical (unpaired) electrons. The van der Waals surface area contributed by atoms with Crippen LogP contribution >= 0.6 is 0 Å². The first-order valence-electron chi connectivity index (χ1n) is 11.0. The molecule has 1 saturated heterocycles. The van der Waals surface area contributed by atoms with E-state index in [0.717, 1.165) is 33.2 Å². The van der Waals surface area contributed by atoms with Gasteiger partial charge in [0.25, 0.3) is 0 Å². The summed E-state index contributed by atoms with van der Waals surface area (Å²) in [5.41, 5.74) is 4.06. The number of piperazine rings is 1. The quantitative estimate of drug-likeness (QED) is 0.620. The Hall–Kier alpha value is -3.44. The highest BCUT2D eigenvalue weighted by Crippen LogP contribution is 2.20. The van der Waals surface area contributed by atoms with Crippen molar-refractivity contribution in [3.8, 4) is 0 Å². The molecule has 5 heteroatoms. The third-order valence-electron chi connectivity index (χ3n) is 6.03. The largest absolute Gasteiger partial charge is 0.337 e. The Morgan fingerprint density at radius 3 is 2.28 bits per heavy atom. The second kappa shape index (κ2) is 9.79. The van der Waals surface area contributed by atoms with Crippen LogP contribution in [0.1, 0.15) is 16.7 Å². The van der Waals surface area contributed by atoms with Gasteiger partial charge >= 0.3 is 0 Å². The Balaban J connectivity index is 1.30. The van der Waals surface area contributed by atoms with Gasteiger partial charge < -0.3 is 10.2 Å². The van der Waals surface area contributed by atoms with E-state index in [4.69, 9.17) is 0 Å². The van der Waals surface area contributed by atoms with Crippen molar-refractivity contribution in [1.29, 1.82) is 0 Å². The van der Waals surface area contributed by atoms with Crippen LogP contribution in [-0.2, 0) is 9.59 Å². The number of para-hydroxylation sites is 1. The molecule has 0 atom stereocenters. The van der Waals surface area contributed by atoms with Crippen LogP contribution in [0.25, 0.3) is 16.8 Å². The number of hydrogen-bond acceptors (Lipinski definition) is 3. The lowest BCUT2D eigenvalue weighted by atomic mass is 10.0. The SMILES string of the molecule is Cc1cccc(C)c1NC(=O)CN1CCN(C(=O)/C=C/c2cccc3ccccc23)CC1. The van der Waals surface area contributed by atoms with Crippen LogP contribution in [0.2, 0.25) is 0 Å². The molecular weight excluding hydrogens is 398 g/mol. The topological polar surface area (TPSA) is 52.7 Å². The smallest absolute Gasteiger partial charge is 0.246 e. The first-order chi connectivity index (χ1) is 15.5. The molecule has 0 bridgehead atoms. The maximum absolute atomic E-state index is 12.7. The predicted molar refractivity (Wildman–Crippen MR) is 131 cm³/mol. The number of aryl methyl sites for hydroxylation is 2. The Labute approximate surface area is 189 Å². The zero-order valence-corrected chi connectivity index (χ0v) is 18.7. The molecule has 2 amide bonds. The summed E-state index contributed by atoms with van der Waals surface area (Å²) in [5, 5.41) is 5.34. The van der Waals surface area contributed by atoms with Crippen molar-refractivity contribution in [2.45, 2.75) is 13.8 Å². The number of hydrogen-bond donors (Lipinski definition) is 1. The summed E-state index contributed by atoms with van der Waals surface area (Å²) in [6.45, 7) is 6.95. The molecule has 1 fully saturated rings. The number of fused-ring (bicyclic) bond motifs is 1. The highest BCUT2D eigenvalue weighted by molar-refractivity contribution is 5.97. The Bertz CT molecular complexity index is 1140. The standard InChI is InChI=1S/C27H29N3O2/c1-20-7-5-8-21(2)27(20)28-25(31)19-29-15-17-30(18-16-29)26(32)14-13-23-11-6-10-22-9-3-4-12-24(22)23/h3-14H,15-19H2,1-2H3,(H,28,31)/b14-13+. The van der Waals surface area contributed by atoms with Gasteiger partial charge in [-0.1, -0.05) is 60.7 Å². The monoisotopic (exact) mass is 427 g/mol. The lowest BCUT2D eigenvalue weighted by Gasteiger charge is -2.33. The number of nitrogens with zero attached hydrogens (tertiary/aromatic N) is 2. The minimum absolute atomic E-state index is 0.0116. The lowest BCUT2D eigenvalue weighted by molar-refractivity contribution is -0.127. The van der Waals surface area contributed by atoms with E-state index in [1.807, 2.05) is 67.3 Å². The molecule has 0 aromatic heterocycles. The molecule has 3 aromatic rings. The van der Waals surface area contributed by atoms with Crippen molar-refractivity contribution < 1.29 is 9.59 Å². The molecule has 32 heavy (non-hydrogen) atoms. The van der Waals surface area contributed by atoms with Crippen molar-refractivity contribution in [3.63, 3.8) is 0 Å². The van der Waals surface area contributed by atoms with Crippen molar-refractivity contribution in [2.75, 3.05) is 38.0 Å². The first kappa shape index (κ1) is 21.8. The van der Waals surface area contributed by atoms with E-state index in [2.05, 4.69) is 28.4 Å². The van der Waals surface area contributed by atoms with E-state index in [0.29, 0.717) is 32.7 Å². The van der Waals surface area contributed by atoms with Crippen LogP contribution < -0.4 is 5.32 Å². The molecular formula is C27H29N3O2. The minimum Gasteiger partial charge on any atom is -0.337 e. The fourth-order valence-electron chi connectivity index (χ4n) is 4.18. The molecule has 164 valence electrons. The summed E-state index contributed by atoms with van der Waals surface area (Å²) in [6.07, 6.45) is 3.56. The van der Waals surface area contributed by atoms with Gasteiger partial charge in [0.2, 0.25) is 11.8 Å². The normalized spacial score (nSPS) is 14.8. The second-order valence-corrected chi connectivity index (χ2v) is 8.32. The minimum atomic E-state index is -0.0157. The third kappa shape index (κ3) is 5.06. The Morgan fingerprint density at radius 2 is 1.53 bits per heavy atom. The number of rotatable bonds is 5. The number of carbonyl (C=O) groups is 2. The van der Waals surface area contributed by atoms with Gasteiger partial charge in [0.1, 0.15) is 0 Å². The number of nitrogens with one attached hydrogen (secondary N) is 1. The lowest BCUT2D eigenvalue weighted by Crippen LogP contribution is -2.50. The molecule has 3 aromatic carbocycles. The van der Waals surface area contributed by atoms with Crippen molar-refractivity contribution >= 4 is 34.4 Å².